The average Bonchev–Trinajstić information content (AvgIpc) is 2.60. The summed E-state index contributed by atoms with van der Waals surface area (Å²) in [5, 5.41) is 3.10. The van der Waals surface area contributed by atoms with Crippen LogP contribution in [0, 0.1) is 0 Å². The predicted octanol–water partition coefficient (Wildman–Crippen LogP) is 3.04. The molecule has 11 heteroatoms. The molecule has 29 heavy (non-hydrogen) atoms. The van der Waals surface area contributed by atoms with Crippen molar-refractivity contribution in [3.63, 3.8) is 0 Å². The molecule has 1 atom stereocenters. The molecule has 0 aliphatic heterocycles. The highest BCUT2D eigenvalue weighted by Crippen LogP contribution is 2.30. The number of benzene rings is 2. The lowest BCUT2D eigenvalue weighted by molar-refractivity contribution is -0.120. The van der Waals surface area contributed by atoms with Crippen molar-refractivity contribution in [1.29, 1.82) is 0 Å². The lowest BCUT2D eigenvalue weighted by atomic mass is 10.1. The van der Waals surface area contributed by atoms with Crippen LogP contribution in [0.15, 0.2) is 47.4 Å². The number of nitrogens with one attached hydrogen (secondary N) is 1. The molecule has 7 nitrogen and oxygen atoms in total. The van der Waals surface area contributed by atoms with Crippen LogP contribution in [0.5, 0.6) is 0 Å². The molecular weight excluding hydrogens is 459 g/mol. The average molecular weight is 479 g/mol. The van der Waals surface area contributed by atoms with Gasteiger partial charge in [0.05, 0.1) is 27.9 Å². The van der Waals surface area contributed by atoms with Crippen LogP contribution in [0.3, 0.4) is 0 Å². The molecule has 0 aliphatic carbocycles. The molecule has 0 unspecified atom stereocenters. The second-order valence-electron chi connectivity index (χ2n) is 6.50. The Labute approximate surface area is 180 Å². The van der Waals surface area contributed by atoms with E-state index in [1.807, 2.05) is 0 Å². The molecule has 0 aromatic heterocycles. The normalized spacial score (nSPS) is 13.0. The Morgan fingerprint density at radius 3 is 2.14 bits per heavy atom. The first-order valence-corrected chi connectivity index (χ1v) is 12.8. The van der Waals surface area contributed by atoms with E-state index in [9.17, 15) is 21.6 Å². The number of sulfone groups is 1. The Bertz CT molecular complexity index is 1120. The highest BCUT2D eigenvalue weighted by Gasteiger charge is 2.24. The molecule has 0 spiro atoms. The van der Waals surface area contributed by atoms with Crippen LogP contribution in [0.1, 0.15) is 18.5 Å². The maximum absolute atomic E-state index is 12.5. The lowest BCUT2D eigenvalue weighted by Gasteiger charge is -2.24. The number of hydrogen-bond donors (Lipinski definition) is 1. The van der Waals surface area contributed by atoms with E-state index in [2.05, 4.69) is 5.32 Å². The third-order valence-corrected chi connectivity index (χ3v) is 6.86. The number of carbonyl (C=O) groups is 1. The third kappa shape index (κ3) is 6.33. The number of sulfonamides is 1. The van der Waals surface area contributed by atoms with Gasteiger partial charge in [-0.15, -0.1) is 0 Å². The highest BCUT2D eigenvalue weighted by atomic mass is 35.5. The number of halogens is 2. The van der Waals surface area contributed by atoms with E-state index in [4.69, 9.17) is 23.2 Å². The Hall–Kier alpha value is -1.81. The zero-order valence-corrected chi connectivity index (χ0v) is 19.0. The van der Waals surface area contributed by atoms with E-state index >= 15 is 0 Å². The molecule has 0 heterocycles. The zero-order chi connectivity index (χ0) is 22.0. The van der Waals surface area contributed by atoms with E-state index < -0.39 is 38.4 Å². The summed E-state index contributed by atoms with van der Waals surface area (Å²) < 4.78 is 48.4. The third-order valence-electron chi connectivity index (χ3n) is 4.05. The van der Waals surface area contributed by atoms with Gasteiger partial charge in [0, 0.05) is 11.3 Å². The number of hydrogen-bond acceptors (Lipinski definition) is 5. The van der Waals surface area contributed by atoms with Crippen molar-refractivity contribution in [1.82, 2.24) is 5.32 Å². The van der Waals surface area contributed by atoms with E-state index in [1.54, 1.807) is 19.1 Å². The summed E-state index contributed by atoms with van der Waals surface area (Å²) >= 11 is 12.0. The van der Waals surface area contributed by atoms with Crippen LogP contribution < -0.4 is 9.62 Å². The fourth-order valence-corrected chi connectivity index (χ4v) is 4.49. The largest absolute Gasteiger partial charge is 0.348 e. The van der Waals surface area contributed by atoms with Crippen molar-refractivity contribution in [2.24, 2.45) is 0 Å². The highest BCUT2D eigenvalue weighted by molar-refractivity contribution is 7.92. The molecule has 2 rings (SSSR count). The van der Waals surface area contributed by atoms with Crippen molar-refractivity contribution < 1.29 is 21.6 Å². The molecule has 0 aliphatic rings. The van der Waals surface area contributed by atoms with E-state index in [-0.39, 0.29) is 20.6 Å². The summed E-state index contributed by atoms with van der Waals surface area (Å²) in [6.45, 7) is 1.20. The number of nitrogens with zero attached hydrogens (tertiary/aromatic N) is 1. The SMILES string of the molecule is C[C@H](NC(=O)CN(c1cc(Cl)ccc1Cl)S(C)(=O)=O)c1ccc(S(C)(=O)=O)cc1. The van der Waals surface area contributed by atoms with Crippen LogP contribution in [0.4, 0.5) is 5.69 Å². The predicted molar refractivity (Wildman–Crippen MR) is 115 cm³/mol. The van der Waals surface area contributed by atoms with Crippen LogP contribution >= 0.6 is 23.2 Å². The van der Waals surface area contributed by atoms with Gasteiger partial charge in [-0.25, -0.2) is 16.8 Å². The molecule has 0 fully saturated rings. The fraction of sp³-hybridized carbons (Fsp3) is 0.278. The first kappa shape index (κ1) is 23.5. The zero-order valence-electron chi connectivity index (χ0n) is 15.9. The van der Waals surface area contributed by atoms with E-state index in [0.29, 0.717) is 5.56 Å². The van der Waals surface area contributed by atoms with Gasteiger partial charge in [0.2, 0.25) is 15.9 Å². The summed E-state index contributed by atoms with van der Waals surface area (Å²) in [6, 6.07) is 9.91. The van der Waals surface area contributed by atoms with Crippen molar-refractivity contribution in [3.05, 3.63) is 58.1 Å². The van der Waals surface area contributed by atoms with Crippen molar-refractivity contribution >= 4 is 54.7 Å². The molecule has 0 bridgehead atoms. The van der Waals surface area contributed by atoms with Crippen LogP contribution in [-0.4, -0.2) is 41.8 Å². The van der Waals surface area contributed by atoms with Crippen molar-refractivity contribution in [2.45, 2.75) is 17.9 Å². The Balaban J connectivity index is 2.19. The monoisotopic (exact) mass is 478 g/mol. The summed E-state index contributed by atoms with van der Waals surface area (Å²) in [4.78, 5) is 12.7. The van der Waals surface area contributed by atoms with Gasteiger partial charge in [0.1, 0.15) is 6.54 Å². The lowest BCUT2D eigenvalue weighted by Crippen LogP contribution is -2.41. The number of carbonyl (C=O) groups excluding carboxylic acids is 1. The van der Waals surface area contributed by atoms with Gasteiger partial charge < -0.3 is 5.32 Å². The minimum atomic E-state index is -3.81. The van der Waals surface area contributed by atoms with Crippen LogP contribution in [0.25, 0.3) is 0 Å². The molecule has 0 saturated heterocycles. The van der Waals surface area contributed by atoms with Crippen LogP contribution in [0.2, 0.25) is 10.0 Å². The minimum absolute atomic E-state index is 0.0991. The number of amides is 1. The molecule has 1 N–H and O–H groups in total. The van der Waals surface area contributed by atoms with Gasteiger partial charge in [0.15, 0.2) is 9.84 Å². The Kier molecular flexibility index (Phi) is 7.21. The second-order valence-corrected chi connectivity index (χ2v) is 11.3. The maximum Gasteiger partial charge on any atom is 0.241 e. The molecular formula is C18H20Cl2N2O5S2. The molecule has 2 aromatic carbocycles. The second kappa shape index (κ2) is 8.91. The summed E-state index contributed by atoms with van der Waals surface area (Å²) in [6.07, 6.45) is 2.07. The standard InChI is InChI=1S/C18H20Cl2N2O5S2/c1-12(13-4-7-15(8-5-13)28(2,24)25)21-18(23)11-22(29(3,26)27)17-10-14(19)6-9-16(17)20/h4-10,12H,11H2,1-3H3,(H,21,23)/t12-/m0/s1. The Morgan fingerprint density at radius 1 is 1.03 bits per heavy atom. The van der Waals surface area contributed by atoms with Gasteiger partial charge in [-0.1, -0.05) is 35.3 Å². The summed E-state index contributed by atoms with van der Waals surface area (Å²) in [5.41, 5.74) is 0.763. The molecule has 158 valence electrons. The first-order valence-electron chi connectivity index (χ1n) is 8.31. The summed E-state index contributed by atoms with van der Waals surface area (Å²) in [7, 11) is -7.13. The minimum Gasteiger partial charge on any atom is -0.348 e. The molecule has 1 amide bonds. The van der Waals surface area contributed by atoms with E-state index in [0.717, 1.165) is 16.8 Å². The maximum atomic E-state index is 12.5. The van der Waals surface area contributed by atoms with Crippen molar-refractivity contribution in [2.75, 3.05) is 23.4 Å². The molecule has 2 aromatic rings. The van der Waals surface area contributed by atoms with Crippen molar-refractivity contribution in [3.8, 4) is 0 Å². The number of rotatable bonds is 7. The van der Waals surface area contributed by atoms with Gasteiger partial charge in [-0.05, 0) is 42.8 Å². The topological polar surface area (TPSA) is 101 Å². The summed E-state index contributed by atoms with van der Waals surface area (Å²) in [5.74, 6) is -0.564. The fourth-order valence-electron chi connectivity index (χ4n) is 2.56. The van der Waals surface area contributed by atoms with Gasteiger partial charge in [-0.2, -0.15) is 0 Å². The Morgan fingerprint density at radius 2 is 1.62 bits per heavy atom. The molecule has 0 radical (unpaired) electrons. The quantitative estimate of drug-likeness (QED) is 0.658. The van der Waals surface area contributed by atoms with Gasteiger partial charge in [-0.3, -0.25) is 9.10 Å². The van der Waals surface area contributed by atoms with Crippen LogP contribution in [-0.2, 0) is 24.7 Å². The van der Waals surface area contributed by atoms with Gasteiger partial charge in [0.25, 0.3) is 0 Å². The molecule has 0 saturated carbocycles. The first-order chi connectivity index (χ1) is 13.3. The van der Waals surface area contributed by atoms with E-state index in [1.165, 1.54) is 30.3 Å². The smallest absolute Gasteiger partial charge is 0.241 e. The number of anilines is 1. The van der Waals surface area contributed by atoms with Gasteiger partial charge >= 0.3 is 0 Å².